The highest BCUT2D eigenvalue weighted by molar-refractivity contribution is 7.88. The second-order valence-electron chi connectivity index (χ2n) is 7.56. The summed E-state index contributed by atoms with van der Waals surface area (Å²) in [6.45, 7) is 8.19. The normalized spacial score (nSPS) is 11.6. The SMILES string of the molecule is C=CCOc1cc(C(=O)Nc2cccc(CS(=O)(=O)NCC(C)C)c2)cc2occc12. The smallest absolute Gasteiger partial charge is 0.255 e. The van der Waals surface area contributed by atoms with Gasteiger partial charge in [-0.25, -0.2) is 13.1 Å². The number of hydrogen-bond donors (Lipinski definition) is 2. The average Bonchev–Trinajstić information content (AvgIpc) is 3.19. The Kier molecular flexibility index (Phi) is 7.14. The molecule has 1 amide bonds. The number of fused-ring (bicyclic) bond motifs is 1. The standard InChI is InChI=1S/C23H26N2O5S/c1-4-9-29-21-12-18(13-22-20(21)8-10-30-22)23(26)25-19-7-5-6-17(11-19)15-31(27,28)24-14-16(2)3/h4-8,10-13,16,24H,1,9,14-15H2,2-3H3,(H,25,26). The number of amides is 1. The lowest BCUT2D eigenvalue weighted by Gasteiger charge is -2.11. The zero-order chi connectivity index (χ0) is 22.4. The minimum atomic E-state index is -3.46. The molecule has 2 N–H and O–H groups in total. The maximum Gasteiger partial charge on any atom is 0.255 e. The van der Waals surface area contributed by atoms with Crippen molar-refractivity contribution in [2.24, 2.45) is 5.92 Å². The molecule has 0 atom stereocenters. The Balaban J connectivity index is 1.76. The molecule has 1 aromatic heterocycles. The number of benzene rings is 2. The van der Waals surface area contributed by atoms with Crippen LogP contribution in [0.1, 0.15) is 29.8 Å². The molecule has 3 rings (SSSR count). The maximum absolute atomic E-state index is 12.8. The number of sulfonamides is 1. The fraction of sp³-hybridized carbons (Fsp3) is 0.261. The number of nitrogens with one attached hydrogen (secondary N) is 2. The highest BCUT2D eigenvalue weighted by Crippen LogP contribution is 2.29. The van der Waals surface area contributed by atoms with E-state index in [2.05, 4.69) is 16.6 Å². The Labute approximate surface area is 182 Å². The average molecular weight is 443 g/mol. The summed E-state index contributed by atoms with van der Waals surface area (Å²) in [4.78, 5) is 12.8. The first-order chi connectivity index (χ1) is 14.8. The summed E-state index contributed by atoms with van der Waals surface area (Å²) in [7, 11) is -3.46. The molecule has 0 aliphatic rings. The van der Waals surface area contributed by atoms with Gasteiger partial charge in [0, 0.05) is 17.8 Å². The first kappa shape index (κ1) is 22.6. The summed E-state index contributed by atoms with van der Waals surface area (Å²) in [5, 5.41) is 3.57. The van der Waals surface area contributed by atoms with E-state index >= 15 is 0 Å². The van der Waals surface area contributed by atoms with E-state index in [9.17, 15) is 13.2 Å². The highest BCUT2D eigenvalue weighted by atomic mass is 32.2. The Morgan fingerprint density at radius 3 is 2.77 bits per heavy atom. The van der Waals surface area contributed by atoms with Crippen molar-refractivity contribution in [1.82, 2.24) is 4.72 Å². The molecule has 1 heterocycles. The van der Waals surface area contributed by atoms with E-state index in [0.717, 1.165) is 5.39 Å². The van der Waals surface area contributed by atoms with Gasteiger partial charge in [-0.2, -0.15) is 0 Å². The van der Waals surface area contributed by atoms with Gasteiger partial charge >= 0.3 is 0 Å². The lowest BCUT2D eigenvalue weighted by molar-refractivity contribution is 0.102. The molecule has 164 valence electrons. The van der Waals surface area contributed by atoms with E-state index < -0.39 is 10.0 Å². The zero-order valence-electron chi connectivity index (χ0n) is 17.6. The van der Waals surface area contributed by atoms with Crippen LogP contribution in [0.4, 0.5) is 5.69 Å². The minimum absolute atomic E-state index is 0.165. The molecule has 0 bridgehead atoms. The van der Waals surface area contributed by atoms with Gasteiger partial charge in [-0.05, 0) is 41.8 Å². The lowest BCUT2D eigenvalue weighted by Crippen LogP contribution is -2.28. The number of furan rings is 1. The number of carbonyl (C=O) groups is 1. The summed E-state index contributed by atoms with van der Waals surface area (Å²) in [5.41, 5.74) is 1.96. The van der Waals surface area contributed by atoms with Crippen LogP contribution in [0.25, 0.3) is 11.0 Å². The molecule has 0 fully saturated rings. The first-order valence-corrected chi connectivity index (χ1v) is 11.5. The molecule has 2 aromatic carbocycles. The number of carbonyl (C=O) groups excluding carboxylic acids is 1. The molecule has 3 aromatic rings. The van der Waals surface area contributed by atoms with Gasteiger partial charge in [0.2, 0.25) is 10.0 Å². The van der Waals surface area contributed by atoms with Crippen molar-refractivity contribution in [3.63, 3.8) is 0 Å². The highest BCUT2D eigenvalue weighted by Gasteiger charge is 2.15. The van der Waals surface area contributed by atoms with Crippen molar-refractivity contribution >= 4 is 32.6 Å². The van der Waals surface area contributed by atoms with Crippen molar-refractivity contribution in [3.8, 4) is 5.75 Å². The van der Waals surface area contributed by atoms with Crippen LogP contribution in [0, 0.1) is 5.92 Å². The van der Waals surface area contributed by atoms with Crippen LogP contribution in [-0.2, 0) is 15.8 Å². The van der Waals surface area contributed by atoms with Gasteiger partial charge in [-0.1, -0.05) is 38.6 Å². The van der Waals surface area contributed by atoms with Crippen LogP contribution in [-0.4, -0.2) is 27.5 Å². The van der Waals surface area contributed by atoms with Crippen molar-refractivity contribution in [2.75, 3.05) is 18.5 Å². The third-order valence-electron chi connectivity index (χ3n) is 4.41. The van der Waals surface area contributed by atoms with Gasteiger partial charge in [0.05, 0.1) is 17.4 Å². The Morgan fingerprint density at radius 2 is 2.03 bits per heavy atom. The van der Waals surface area contributed by atoms with Gasteiger partial charge in [0.15, 0.2) is 0 Å². The molecule has 0 saturated carbocycles. The van der Waals surface area contributed by atoms with Crippen LogP contribution >= 0.6 is 0 Å². The lowest BCUT2D eigenvalue weighted by atomic mass is 10.1. The van der Waals surface area contributed by atoms with Crippen molar-refractivity contribution < 1.29 is 22.4 Å². The van der Waals surface area contributed by atoms with Crippen molar-refractivity contribution in [1.29, 1.82) is 0 Å². The summed E-state index contributed by atoms with van der Waals surface area (Å²) in [6, 6.07) is 11.8. The molecule has 0 radical (unpaired) electrons. The predicted octanol–water partition coefficient (Wildman–Crippen LogP) is 4.33. The Hall–Kier alpha value is -3.10. The number of anilines is 1. The van der Waals surface area contributed by atoms with Crippen molar-refractivity contribution in [3.05, 3.63) is 72.5 Å². The van der Waals surface area contributed by atoms with Crippen LogP contribution in [0.5, 0.6) is 5.75 Å². The molecular weight excluding hydrogens is 416 g/mol. The maximum atomic E-state index is 12.8. The summed E-state index contributed by atoms with van der Waals surface area (Å²) in [5.74, 6) is 0.209. The van der Waals surface area contributed by atoms with Crippen LogP contribution in [0.2, 0.25) is 0 Å². The van der Waals surface area contributed by atoms with Crippen molar-refractivity contribution in [2.45, 2.75) is 19.6 Å². The third kappa shape index (κ3) is 6.19. The van der Waals surface area contributed by atoms with Gasteiger partial charge in [-0.3, -0.25) is 4.79 Å². The number of ether oxygens (including phenoxy) is 1. The molecule has 0 spiro atoms. The molecule has 0 aliphatic heterocycles. The van der Waals surface area contributed by atoms with E-state index in [-0.39, 0.29) is 17.6 Å². The van der Waals surface area contributed by atoms with Gasteiger partial charge in [-0.15, -0.1) is 0 Å². The molecule has 0 saturated heterocycles. The monoisotopic (exact) mass is 442 g/mol. The fourth-order valence-electron chi connectivity index (χ4n) is 2.94. The zero-order valence-corrected chi connectivity index (χ0v) is 18.4. The molecule has 8 heteroatoms. The van der Waals surface area contributed by atoms with E-state index in [1.165, 1.54) is 6.26 Å². The number of hydrogen-bond acceptors (Lipinski definition) is 5. The fourth-order valence-corrected chi connectivity index (χ4v) is 4.25. The Bertz CT molecular complexity index is 1180. The summed E-state index contributed by atoms with van der Waals surface area (Å²) in [6.07, 6.45) is 3.15. The second kappa shape index (κ2) is 9.80. The number of rotatable bonds is 10. The van der Waals surface area contributed by atoms with Crippen LogP contribution < -0.4 is 14.8 Å². The van der Waals surface area contributed by atoms with Crippen LogP contribution in [0.3, 0.4) is 0 Å². The van der Waals surface area contributed by atoms with Gasteiger partial charge in [0.1, 0.15) is 17.9 Å². The minimum Gasteiger partial charge on any atom is -0.489 e. The molecule has 0 unspecified atom stereocenters. The largest absolute Gasteiger partial charge is 0.489 e. The first-order valence-electron chi connectivity index (χ1n) is 9.90. The topological polar surface area (TPSA) is 97.6 Å². The molecule has 31 heavy (non-hydrogen) atoms. The van der Waals surface area contributed by atoms with E-state index in [1.807, 2.05) is 13.8 Å². The summed E-state index contributed by atoms with van der Waals surface area (Å²) >= 11 is 0. The second-order valence-corrected chi connectivity index (χ2v) is 9.37. The van der Waals surface area contributed by atoms with Gasteiger partial charge in [0.25, 0.3) is 5.91 Å². The van der Waals surface area contributed by atoms with E-state index in [1.54, 1.807) is 48.5 Å². The predicted molar refractivity (Wildman–Crippen MR) is 122 cm³/mol. The molecule has 7 nitrogen and oxygen atoms in total. The van der Waals surface area contributed by atoms with E-state index in [4.69, 9.17) is 9.15 Å². The summed E-state index contributed by atoms with van der Waals surface area (Å²) < 4.78 is 38.2. The van der Waals surface area contributed by atoms with Crippen LogP contribution in [0.15, 0.2) is 65.8 Å². The van der Waals surface area contributed by atoms with Gasteiger partial charge < -0.3 is 14.5 Å². The third-order valence-corrected chi connectivity index (χ3v) is 5.73. The molecular formula is C23H26N2O5S. The Morgan fingerprint density at radius 1 is 1.23 bits per heavy atom. The van der Waals surface area contributed by atoms with E-state index in [0.29, 0.717) is 41.3 Å². The quantitative estimate of drug-likeness (QED) is 0.456. The molecule has 0 aliphatic carbocycles.